The lowest BCUT2D eigenvalue weighted by molar-refractivity contribution is -0.145. The van der Waals surface area contributed by atoms with Crippen LogP contribution in [0.25, 0.3) is 0 Å². The number of hydrogen-bond donors (Lipinski definition) is 2. The third-order valence-electron chi connectivity index (χ3n) is 5.38. The lowest BCUT2D eigenvalue weighted by atomic mass is 10.0. The largest absolute Gasteiger partial charge is 0.508 e. The van der Waals surface area contributed by atoms with E-state index in [1.807, 2.05) is 13.8 Å². The zero-order valence-electron chi connectivity index (χ0n) is 18.6. The molecule has 0 fully saturated rings. The zero-order valence-corrected chi connectivity index (χ0v) is 18.6. The zero-order chi connectivity index (χ0) is 24.3. The number of anilines is 1. The van der Waals surface area contributed by atoms with Crippen LogP contribution >= 0.6 is 0 Å². The van der Waals surface area contributed by atoms with E-state index in [2.05, 4.69) is 5.32 Å². The molecule has 2 aromatic carbocycles. The third kappa shape index (κ3) is 5.58. The molecule has 2 N–H and O–H groups in total. The number of halogens is 3. The number of carbonyl (C=O) groups is 2. The van der Waals surface area contributed by atoms with Gasteiger partial charge in [-0.3, -0.25) is 9.59 Å². The van der Waals surface area contributed by atoms with Gasteiger partial charge in [0.2, 0.25) is 5.91 Å². The molecule has 0 spiro atoms. The second-order valence-electron chi connectivity index (χ2n) is 8.12. The summed E-state index contributed by atoms with van der Waals surface area (Å²) in [5.74, 6) is -1.65. The lowest BCUT2D eigenvalue weighted by Gasteiger charge is -2.21. The number of ether oxygens (including phenoxy) is 2. The molecule has 0 saturated carbocycles. The molecule has 0 saturated heterocycles. The minimum Gasteiger partial charge on any atom is -0.508 e. The predicted octanol–water partition coefficient (Wildman–Crippen LogP) is 5.71. The molecule has 0 heterocycles. The molecule has 0 aliphatic heterocycles. The van der Waals surface area contributed by atoms with Crippen molar-refractivity contribution in [1.29, 1.82) is 0 Å². The van der Waals surface area contributed by atoms with E-state index in [0.29, 0.717) is 36.0 Å². The Labute approximate surface area is 189 Å². The summed E-state index contributed by atoms with van der Waals surface area (Å²) in [6.45, 7) is 5.40. The van der Waals surface area contributed by atoms with Crippen molar-refractivity contribution in [2.75, 3.05) is 11.9 Å². The van der Waals surface area contributed by atoms with Crippen molar-refractivity contribution in [2.45, 2.75) is 58.5 Å². The van der Waals surface area contributed by atoms with Gasteiger partial charge < -0.3 is 19.9 Å². The Kier molecular flexibility index (Phi) is 7.19. The summed E-state index contributed by atoms with van der Waals surface area (Å²) < 4.78 is 52.5. The van der Waals surface area contributed by atoms with Gasteiger partial charge in [-0.15, -0.1) is 0 Å². The average molecular weight is 465 g/mol. The van der Waals surface area contributed by atoms with Crippen LogP contribution in [0.15, 0.2) is 24.3 Å². The number of esters is 1. The average Bonchev–Trinajstić information content (AvgIpc) is 3.20. The van der Waals surface area contributed by atoms with Crippen molar-refractivity contribution < 1.29 is 37.3 Å². The first-order valence-corrected chi connectivity index (χ1v) is 10.7. The van der Waals surface area contributed by atoms with Gasteiger partial charge >= 0.3 is 12.1 Å². The number of phenols is 1. The van der Waals surface area contributed by atoms with E-state index in [0.717, 1.165) is 6.07 Å². The van der Waals surface area contributed by atoms with Gasteiger partial charge in [0, 0.05) is 16.8 Å². The molecule has 178 valence electrons. The van der Waals surface area contributed by atoms with Gasteiger partial charge in [0.1, 0.15) is 29.2 Å². The van der Waals surface area contributed by atoms with Crippen LogP contribution in [-0.4, -0.2) is 23.6 Å². The maximum atomic E-state index is 14.0. The lowest BCUT2D eigenvalue weighted by Crippen LogP contribution is -2.20. The first kappa shape index (κ1) is 24.4. The van der Waals surface area contributed by atoms with Crippen molar-refractivity contribution in [3.05, 3.63) is 46.5 Å². The van der Waals surface area contributed by atoms with Crippen LogP contribution in [0.4, 0.5) is 18.9 Å². The van der Waals surface area contributed by atoms with Gasteiger partial charge in [-0.1, -0.05) is 13.8 Å². The van der Waals surface area contributed by atoms with E-state index in [1.54, 1.807) is 6.92 Å². The highest BCUT2D eigenvalue weighted by Crippen LogP contribution is 2.47. The van der Waals surface area contributed by atoms with E-state index < -0.39 is 30.0 Å². The van der Waals surface area contributed by atoms with Gasteiger partial charge in [-0.2, -0.15) is 13.2 Å². The maximum Gasteiger partial charge on any atom is 0.420 e. The predicted molar refractivity (Wildman–Crippen MR) is 116 cm³/mol. The number of fused-ring (bicyclic) bond motifs is 1. The number of nitrogens with one attached hydrogen (secondary N) is 1. The summed E-state index contributed by atoms with van der Waals surface area (Å²) in [7, 11) is 0. The minimum absolute atomic E-state index is 0.0186. The fraction of sp³-hybridized carbons (Fsp3) is 0.417. The third-order valence-corrected chi connectivity index (χ3v) is 5.38. The van der Waals surface area contributed by atoms with Gasteiger partial charge in [-0.25, -0.2) is 0 Å². The summed E-state index contributed by atoms with van der Waals surface area (Å²) >= 11 is 0. The van der Waals surface area contributed by atoms with E-state index in [1.165, 1.54) is 18.2 Å². The van der Waals surface area contributed by atoms with Crippen molar-refractivity contribution >= 4 is 17.6 Å². The number of benzene rings is 2. The van der Waals surface area contributed by atoms with Crippen LogP contribution in [0.5, 0.6) is 17.2 Å². The summed E-state index contributed by atoms with van der Waals surface area (Å²) in [5, 5.41) is 12.5. The molecular weight excluding hydrogens is 439 g/mol. The van der Waals surface area contributed by atoms with Crippen molar-refractivity contribution in [3.8, 4) is 17.2 Å². The number of hydrogen-bond acceptors (Lipinski definition) is 5. The van der Waals surface area contributed by atoms with Crippen LogP contribution < -0.4 is 10.1 Å². The highest BCUT2D eigenvalue weighted by Gasteiger charge is 2.39. The smallest absolute Gasteiger partial charge is 0.420 e. The summed E-state index contributed by atoms with van der Waals surface area (Å²) in [4.78, 5) is 23.8. The monoisotopic (exact) mass is 465 g/mol. The molecule has 9 heteroatoms. The number of aromatic hydroxyl groups is 1. The highest BCUT2D eigenvalue weighted by molar-refractivity contribution is 6.02. The van der Waals surface area contributed by atoms with Crippen LogP contribution in [-0.2, 0) is 33.3 Å². The Morgan fingerprint density at radius 2 is 1.85 bits per heavy atom. The molecule has 33 heavy (non-hydrogen) atoms. The van der Waals surface area contributed by atoms with Crippen molar-refractivity contribution in [1.82, 2.24) is 0 Å². The van der Waals surface area contributed by atoms with E-state index in [9.17, 15) is 27.9 Å². The van der Waals surface area contributed by atoms with Gasteiger partial charge in [-0.05, 0) is 61.9 Å². The van der Waals surface area contributed by atoms with Crippen LogP contribution in [0.3, 0.4) is 0 Å². The molecule has 0 aromatic heterocycles. The molecule has 1 aliphatic carbocycles. The standard InChI is InChI=1S/C24H26F3NO5/c1-4-32-22(31)12-21(30)28-19-11-18(24(25,26)27)23(16-7-5-6-15(16)19)33-14-8-9-20(29)17(10-14)13(2)3/h8-11,13,29H,4-7,12H2,1-3H3,(H,28,30). The molecule has 1 aliphatic rings. The molecule has 6 nitrogen and oxygen atoms in total. The normalized spacial score (nSPS) is 13.1. The molecule has 0 bridgehead atoms. The molecular formula is C24H26F3NO5. The Hall–Kier alpha value is -3.23. The van der Waals surface area contributed by atoms with Crippen LogP contribution in [0, 0.1) is 0 Å². The van der Waals surface area contributed by atoms with E-state index in [4.69, 9.17) is 9.47 Å². The van der Waals surface area contributed by atoms with Crippen molar-refractivity contribution in [3.63, 3.8) is 0 Å². The number of rotatable bonds is 7. The summed E-state index contributed by atoms with van der Waals surface area (Å²) in [5.41, 5.74) is 0.480. The topological polar surface area (TPSA) is 84.9 Å². The second kappa shape index (κ2) is 9.72. The van der Waals surface area contributed by atoms with Gasteiger partial charge in [0.15, 0.2) is 0 Å². The first-order chi connectivity index (χ1) is 15.5. The Morgan fingerprint density at radius 1 is 1.15 bits per heavy atom. The molecule has 3 rings (SSSR count). The molecule has 0 radical (unpaired) electrons. The first-order valence-electron chi connectivity index (χ1n) is 10.7. The van der Waals surface area contributed by atoms with Gasteiger partial charge in [0.25, 0.3) is 0 Å². The quantitative estimate of drug-likeness (QED) is 0.404. The van der Waals surface area contributed by atoms with Crippen LogP contribution in [0.2, 0.25) is 0 Å². The van der Waals surface area contributed by atoms with Crippen molar-refractivity contribution in [2.24, 2.45) is 0 Å². The highest BCUT2D eigenvalue weighted by atomic mass is 19.4. The SMILES string of the molecule is CCOC(=O)CC(=O)Nc1cc(C(F)(F)F)c(Oc2ccc(O)c(C(C)C)c2)c2c1CCC2. The molecule has 0 unspecified atom stereocenters. The van der Waals surface area contributed by atoms with Gasteiger partial charge in [0.05, 0.1) is 6.61 Å². The molecule has 1 amide bonds. The number of amides is 1. The fourth-order valence-electron chi connectivity index (χ4n) is 3.90. The molecule has 0 atom stereocenters. The maximum absolute atomic E-state index is 14.0. The summed E-state index contributed by atoms with van der Waals surface area (Å²) in [6, 6.07) is 5.18. The Balaban J connectivity index is 2.02. The van der Waals surface area contributed by atoms with Crippen LogP contribution in [0.1, 0.15) is 61.8 Å². The molecule has 2 aromatic rings. The van der Waals surface area contributed by atoms with E-state index in [-0.39, 0.29) is 35.5 Å². The number of phenolic OH excluding ortho intramolecular Hbond substituents is 1. The minimum atomic E-state index is -4.74. The fourth-order valence-corrected chi connectivity index (χ4v) is 3.90. The summed E-state index contributed by atoms with van der Waals surface area (Å²) in [6.07, 6.45) is -3.92. The second-order valence-corrected chi connectivity index (χ2v) is 8.12. The Morgan fingerprint density at radius 3 is 2.48 bits per heavy atom. The number of alkyl halides is 3. The Bertz CT molecular complexity index is 1060. The number of carbonyl (C=O) groups excluding carboxylic acids is 2. The van der Waals surface area contributed by atoms with E-state index >= 15 is 0 Å².